The molecule has 21 heavy (non-hydrogen) atoms. The average Bonchev–Trinajstić information content (AvgIpc) is 2.86. The first kappa shape index (κ1) is 13.7. The maximum absolute atomic E-state index is 12.5. The minimum Gasteiger partial charge on any atom is -0.399 e. The van der Waals surface area contributed by atoms with E-state index in [9.17, 15) is 4.79 Å². The van der Waals surface area contributed by atoms with Gasteiger partial charge in [-0.1, -0.05) is 29.8 Å². The third kappa shape index (κ3) is 2.77. The highest BCUT2D eigenvalue weighted by Gasteiger charge is 2.23. The van der Waals surface area contributed by atoms with Crippen molar-refractivity contribution < 1.29 is 4.79 Å². The molecule has 1 amide bonds. The number of fused-ring (bicyclic) bond motifs is 1. The van der Waals surface area contributed by atoms with E-state index in [4.69, 9.17) is 5.73 Å². The highest BCUT2D eigenvalue weighted by molar-refractivity contribution is 5.80. The summed E-state index contributed by atoms with van der Waals surface area (Å²) in [4.78, 5) is 14.4. The second-order valence-corrected chi connectivity index (χ2v) is 5.88. The summed E-state index contributed by atoms with van der Waals surface area (Å²) >= 11 is 0. The molecule has 0 fully saturated rings. The van der Waals surface area contributed by atoms with E-state index < -0.39 is 0 Å². The van der Waals surface area contributed by atoms with E-state index in [0.29, 0.717) is 19.5 Å². The molecule has 0 spiro atoms. The molecule has 108 valence electrons. The van der Waals surface area contributed by atoms with Crippen molar-refractivity contribution in [3.63, 3.8) is 0 Å². The number of carbonyl (C=O) groups is 1. The first-order chi connectivity index (χ1) is 10.0. The molecule has 0 saturated heterocycles. The van der Waals surface area contributed by atoms with Crippen LogP contribution in [0.15, 0.2) is 36.4 Å². The van der Waals surface area contributed by atoms with E-state index in [1.807, 2.05) is 23.1 Å². The number of amides is 1. The summed E-state index contributed by atoms with van der Waals surface area (Å²) in [5, 5.41) is 0. The molecule has 0 bridgehead atoms. The van der Waals surface area contributed by atoms with Crippen molar-refractivity contribution in [1.29, 1.82) is 0 Å². The number of carbonyl (C=O) groups excluding carboxylic acids is 1. The predicted molar refractivity (Wildman–Crippen MR) is 84.7 cm³/mol. The molecule has 0 saturated carbocycles. The second kappa shape index (κ2) is 5.24. The minimum atomic E-state index is 0.179. The number of nitrogen functional groups attached to an aromatic ring is 1. The molecule has 1 aliphatic rings. The van der Waals surface area contributed by atoms with E-state index in [1.54, 1.807) is 0 Å². The van der Waals surface area contributed by atoms with Crippen molar-refractivity contribution in [2.75, 3.05) is 5.73 Å². The molecule has 3 heteroatoms. The van der Waals surface area contributed by atoms with Gasteiger partial charge in [0.1, 0.15) is 0 Å². The van der Waals surface area contributed by atoms with Crippen molar-refractivity contribution in [3.8, 4) is 0 Å². The van der Waals surface area contributed by atoms with Crippen LogP contribution in [0.5, 0.6) is 0 Å². The fourth-order valence-corrected chi connectivity index (χ4v) is 2.86. The lowest BCUT2D eigenvalue weighted by atomic mass is 10.0. The second-order valence-electron chi connectivity index (χ2n) is 5.88. The molecule has 0 atom stereocenters. The Morgan fingerprint density at radius 3 is 2.67 bits per heavy atom. The molecule has 0 aliphatic carbocycles. The zero-order valence-corrected chi connectivity index (χ0v) is 12.5. The van der Waals surface area contributed by atoms with Crippen LogP contribution in [0.2, 0.25) is 0 Å². The van der Waals surface area contributed by atoms with Crippen LogP contribution < -0.4 is 5.73 Å². The smallest absolute Gasteiger partial charge is 0.227 e. The summed E-state index contributed by atoms with van der Waals surface area (Å²) < 4.78 is 0. The van der Waals surface area contributed by atoms with Crippen LogP contribution in [0.25, 0.3) is 0 Å². The number of aryl methyl sites for hydroxylation is 2. The van der Waals surface area contributed by atoms with E-state index in [-0.39, 0.29) is 5.91 Å². The van der Waals surface area contributed by atoms with Crippen molar-refractivity contribution in [2.24, 2.45) is 0 Å². The molecular formula is C18H20N2O. The number of rotatable bonds is 2. The third-order valence-electron chi connectivity index (χ3n) is 4.15. The van der Waals surface area contributed by atoms with E-state index in [2.05, 4.69) is 32.0 Å². The van der Waals surface area contributed by atoms with Crippen LogP contribution in [-0.2, 0) is 24.3 Å². The SMILES string of the molecule is Cc1ccc(C)c(CC(=O)N2Cc3ccc(N)cc3C2)c1. The molecule has 2 N–H and O–H groups in total. The Bertz CT molecular complexity index is 706. The number of nitrogens with zero attached hydrogens (tertiary/aromatic N) is 1. The summed E-state index contributed by atoms with van der Waals surface area (Å²) in [6, 6.07) is 12.2. The summed E-state index contributed by atoms with van der Waals surface area (Å²) in [6.45, 7) is 5.48. The zero-order chi connectivity index (χ0) is 15.0. The fraction of sp³-hybridized carbons (Fsp3) is 0.278. The summed E-state index contributed by atoms with van der Waals surface area (Å²) in [5.41, 5.74) is 12.4. The number of anilines is 1. The molecule has 0 aromatic heterocycles. The van der Waals surface area contributed by atoms with E-state index in [0.717, 1.165) is 11.3 Å². The van der Waals surface area contributed by atoms with Crippen molar-refractivity contribution in [1.82, 2.24) is 4.90 Å². The maximum Gasteiger partial charge on any atom is 0.227 e. The van der Waals surface area contributed by atoms with Crippen LogP contribution in [0.3, 0.4) is 0 Å². The van der Waals surface area contributed by atoms with Gasteiger partial charge < -0.3 is 10.6 Å². The molecule has 3 nitrogen and oxygen atoms in total. The van der Waals surface area contributed by atoms with Gasteiger partial charge in [0.2, 0.25) is 5.91 Å². The highest BCUT2D eigenvalue weighted by Crippen LogP contribution is 2.25. The van der Waals surface area contributed by atoms with Crippen LogP contribution in [-0.4, -0.2) is 10.8 Å². The number of nitrogens with two attached hydrogens (primary N) is 1. The fourth-order valence-electron chi connectivity index (χ4n) is 2.86. The lowest BCUT2D eigenvalue weighted by Crippen LogP contribution is -2.27. The Morgan fingerprint density at radius 1 is 1.10 bits per heavy atom. The quantitative estimate of drug-likeness (QED) is 0.860. The monoisotopic (exact) mass is 280 g/mol. The molecule has 0 unspecified atom stereocenters. The van der Waals surface area contributed by atoms with E-state index in [1.165, 1.54) is 22.3 Å². The topological polar surface area (TPSA) is 46.3 Å². The number of benzene rings is 2. The maximum atomic E-state index is 12.5. The lowest BCUT2D eigenvalue weighted by molar-refractivity contribution is -0.131. The predicted octanol–water partition coefficient (Wildman–Crippen LogP) is 2.97. The van der Waals surface area contributed by atoms with Gasteiger partial charge in [-0.25, -0.2) is 0 Å². The molecule has 3 rings (SSSR count). The molecular weight excluding hydrogens is 260 g/mol. The molecule has 0 radical (unpaired) electrons. The molecule has 2 aromatic carbocycles. The minimum absolute atomic E-state index is 0.179. The summed E-state index contributed by atoms with van der Waals surface area (Å²) in [6.07, 6.45) is 0.469. The zero-order valence-electron chi connectivity index (χ0n) is 12.5. The number of hydrogen-bond acceptors (Lipinski definition) is 2. The molecule has 1 heterocycles. The normalized spacial score (nSPS) is 13.3. The number of hydrogen-bond donors (Lipinski definition) is 1. The van der Waals surface area contributed by atoms with Crippen LogP contribution in [0.1, 0.15) is 27.8 Å². The Hall–Kier alpha value is -2.29. The van der Waals surface area contributed by atoms with E-state index >= 15 is 0 Å². The Balaban J connectivity index is 1.74. The molecule has 2 aromatic rings. The van der Waals surface area contributed by atoms with Gasteiger partial charge in [0.05, 0.1) is 6.42 Å². The van der Waals surface area contributed by atoms with Crippen LogP contribution in [0.4, 0.5) is 5.69 Å². The molecule has 1 aliphatic heterocycles. The third-order valence-corrected chi connectivity index (χ3v) is 4.15. The Labute approximate surface area is 125 Å². The Kier molecular flexibility index (Phi) is 3.42. The highest BCUT2D eigenvalue weighted by atomic mass is 16.2. The van der Waals surface area contributed by atoms with Gasteiger partial charge in [0.15, 0.2) is 0 Å². The largest absolute Gasteiger partial charge is 0.399 e. The first-order valence-electron chi connectivity index (χ1n) is 7.24. The Morgan fingerprint density at radius 2 is 1.86 bits per heavy atom. The van der Waals surface area contributed by atoms with Crippen LogP contribution >= 0.6 is 0 Å². The van der Waals surface area contributed by atoms with Gasteiger partial charge in [-0.15, -0.1) is 0 Å². The van der Waals surface area contributed by atoms with Crippen LogP contribution in [0, 0.1) is 13.8 Å². The summed E-state index contributed by atoms with van der Waals surface area (Å²) in [5.74, 6) is 0.179. The van der Waals surface area contributed by atoms with Gasteiger partial charge in [0, 0.05) is 18.8 Å². The lowest BCUT2D eigenvalue weighted by Gasteiger charge is -2.16. The first-order valence-corrected chi connectivity index (χ1v) is 7.24. The average molecular weight is 280 g/mol. The van der Waals surface area contributed by atoms with Crippen molar-refractivity contribution >= 4 is 11.6 Å². The van der Waals surface area contributed by atoms with Gasteiger partial charge in [-0.05, 0) is 48.2 Å². The van der Waals surface area contributed by atoms with Gasteiger partial charge in [-0.3, -0.25) is 4.79 Å². The van der Waals surface area contributed by atoms with Crippen molar-refractivity contribution in [3.05, 3.63) is 64.2 Å². The summed E-state index contributed by atoms with van der Waals surface area (Å²) in [7, 11) is 0. The van der Waals surface area contributed by atoms with Gasteiger partial charge >= 0.3 is 0 Å². The van der Waals surface area contributed by atoms with Gasteiger partial charge in [0.25, 0.3) is 0 Å². The standard InChI is InChI=1S/C18H20N2O/c1-12-3-4-13(2)15(7-12)9-18(21)20-10-14-5-6-17(19)8-16(14)11-20/h3-8H,9-11,19H2,1-2H3. The van der Waals surface area contributed by atoms with Crippen molar-refractivity contribution in [2.45, 2.75) is 33.4 Å². The van der Waals surface area contributed by atoms with Gasteiger partial charge in [-0.2, -0.15) is 0 Å².